The predicted molar refractivity (Wildman–Crippen MR) is 86.1 cm³/mol. The molecule has 1 aliphatic rings. The summed E-state index contributed by atoms with van der Waals surface area (Å²) in [6.45, 7) is 3.24. The molecule has 1 aromatic carbocycles. The molecule has 20 heavy (non-hydrogen) atoms. The van der Waals surface area contributed by atoms with Gasteiger partial charge in [0, 0.05) is 22.9 Å². The van der Waals surface area contributed by atoms with Gasteiger partial charge >= 0.3 is 0 Å². The van der Waals surface area contributed by atoms with Crippen LogP contribution in [0.2, 0.25) is 0 Å². The van der Waals surface area contributed by atoms with Crippen molar-refractivity contribution in [2.45, 2.75) is 37.0 Å². The van der Waals surface area contributed by atoms with Crippen molar-refractivity contribution in [3.8, 4) is 11.5 Å². The number of nitrogens with one attached hydrogen (secondary N) is 1. The highest BCUT2D eigenvalue weighted by molar-refractivity contribution is 8.00. The average molecular weight is 295 g/mol. The van der Waals surface area contributed by atoms with Crippen LogP contribution in [-0.4, -0.2) is 31.8 Å². The minimum atomic E-state index is 0.254. The number of hydrogen-bond donors (Lipinski definition) is 1. The van der Waals surface area contributed by atoms with E-state index in [0.717, 1.165) is 23.6 Å². The summed E-state index contributed by atoms with van der Waals surface area (Å²) in [6.07, 6.45) is 6.23. The summed E-state index contributed by atoms with van der Waals surface area (Å²) in [5.41, 5.74) is 1.16. The molecule has 1 atom stereocenters. The van der Waals surface area contributed by atoms with Crippen LogP contribution in [0.25, 0.3) is 0 Å². The average Bonchev–Trinajstić information content (AvgIpc) is 2.45. The molecule has 112 valence electrons. The first-order valence-corrected chi connectivity index (χ1v) is 8.37. The van der Waals surface area contributed by atoms with Gasteiger partial charge in [-0.15, -0.1) is 0 Å². The van der Waals surface area contributed by atoms with Crippen molar-refractivity contribution in [3.05, 3.63) is 23.8 Å². The topological polar surface area (TPSA) is 30.5 Å². The zero-order valence-corrected chi connectivity index (χ0v) is 13.7. The molecule has 0 heterocycles. The molecule has 0 spiro atoms. The van der Waals surface area contributed by atoms with Crippen molar-refractivity contribution in [3.63, 3.8) is 0 Å². The predicted octanol–water partition coefficient (Wildman–Crippen LogP) is 3.64. The minimum Gasteiger partial charge on any atom is -0.497 e. The first-order valence-electron chi connectivity index (χ1n) is 7.14. The van der Waals surface area contributed by atoms with E-state index in [1.807, 2.05) is 23.9 Å². The van der Waals surface area contributed by atoms with E-state index in [-0.39, 0.29) is 6.04 Å². The lowest BCUT2D eigenvalue weighted by molar-refractivity contribution is 0.330. The molecule has 3 nitrogen and oxygen atoms in total. The highest BCUT2D eigenvalue weighted by atomic mass is 32.2. The molecule has 0 aliphatic heterocycles. The number of hydrogen-bond acceptors (Lipinski definition) is 4. The van der Waals surface area contributed by atoms with Crippen molar-refractivity contribution >= 4 is 11.8 Å². The second-order valence-corrected chi connectivity index (χ2v) is 6.73. The lowest BCUT2D eigenvalue weighted by atomic mass is 9.84. The molecule has 1 fully saturated rings. The molecule has 0 saturated heterocycles. The lowest BCUT2D eigenvalue weighted by Crippen LogP contribution is -2.44. The van der Waals surface area contributed by atoms with Crippen LogP contribution < -0.4 is 14.8 Å². The second kappa shape index (κ2) is 6.72. The van der Waals surface area contributed by atoms with Crippen LogP contribution in [0.1, 0.15) is 37.8 Å². The third-order valence-electron chi connectivity index (χ3n) is 4.33. The molecule has 2 rings (SSSR count). The summed E-state index contributed by atoms with van der Waals surface area (Å²) in [7, 11) is 3.41. The van der Waals surface area contributed by atoms with Gasteiger partial charge in [-0.2, -0.15) is 11.8 Å². The summed E-state index contributed by atoms with van der Waals surface area (Å²) >= 11 is 2.00. The molecule has 1 saturated carbocycles. The van der Waals surface area contributed by atoms with Crippen LogP contribution in [0, 0.1) is 0 Å². The van der Waals surface area contributed by atoms with E-state index in [1.165, 1.54) is 19.3 Å². The van der Waals surface area contributed by atoms with E-state index in [9.17, 15) is 0 Å². The van der Waals surface area contributed by atoms with Gasteiger partial charge in [0.15, 0.2) is 0 Å². The standard InChI is InChI=1S/C16H25NO2S/c1-12(17-11-16(20-4)8-5-9-16)14-10-13(18-2)6-7-15(14)19-3/h6-7,10,12,17H,5,8-9,11H2,1-4H3. The molecule has 1 aliphatic carbocycles. The summed E-state index contributed by atoms with van der Waals surface area (Å²) in [4.78, 5) is 0. The molecule has 1 aromatic rings. The fraction of sp³-hybridized carbons (Fsp3) is 0.625. The van der Waals surface area contributed by atoms with Gasteiger partial charge in [0.2, 0.25) is 0 Å². The van der Waals surface area contributed by atoms with Crippen LogP contribution in [0.4, 0.5) is 0 Å². The minimum absolute atomic E-state index is 0.254. The van der Waals surface area contributed by atoms with Crippen LogP contribution in [0.3, 0.4) is 0 Å². The van der Waals surface area contributed by atoms with E-state index in [1.54, 1.807) is 14.2 Å². The summed E-state index contributed by atoms with van der Waals surface area (Å²) in [6, 6.07) is 6.22. The van der Waals surface area contributed by atoms with Gasteiger partial charge in [0.05, 0.1) is 14.2 Å². The van der Waals surface area contributed by atoms with Gasteiger partial charge < -0.3 is 14.8 Å². The van der Waals surface area contributed by atoms with Crippen molar-refractivity contribution in [1.29, 1.82) is 0 Å². The monoisotopic (exact) mass is 295 g/mol. The molecule has 0 amide bonds. The molecule has 0 aromatic heterocycles. The Morgan fingerprint density at radius 3 is 2.55 bits per heavy atom. The maximum absolute atomic E-state index is 5.46. The summed E-state index contributed by atoms with van der Waals surface area (Å²) in [5, 5.41) is 3.66. The Morgan fingerprint density at radius 2 is 2.05 bits per heavy atom. The van der Waals surface area contributed by atoms with Gasteiger partial charge in [-0.05, 0) is 44.2 Å². The first kappa shape index (κ1) is 15.5. The van der Waals surface area contributed by atoms with Crippen LogP contribution in [-0.2, 0) is 0 Å². The van der Waals surface area contributed by atoms with Crippen LogP contribution in [0.15, 0.2) is 18.2 Å². The number of methoxy groups -OCH3 is 2. The smallest absolute Gasteiger partial charge is 0.123 e. The first-order chi connectivity index (χ1) is 9.64. The van der Waals surface area contributed by atoms with E-state index in [2.05, 4.69) is 24.6 Å². The van der Waals surface area contributed by atoms with Crippen molar-refractivity contribution < 1.29 is 9.47 Å². The lowest BCUT2D eigenvalue weighted by Gasteiger charge is -2.41. The van der Waals surface area contributed by atoms with Crippen molar-refractivity contribution in [2.24, 2.45) is 0 Å². The largest absolute Gasteiger partial charge is 0.497 e. The highest BCUT2D eigenvalue weighted by Gasteiger charge is 2.36. The van der Waals surface area contributed by atoms with Gasteiger partial charge in [0.25, 0.3) is 0 Å². The quantitative estimate of drug-likeness (QED) is 0.832. The number of ether oxygens (including phenoxy) is 2. The summed E-state index contributed by atoms with van der Waals surface area (Å²) in [5.74, 6) is 1.79. The van der Waals surface area contributed by atoms with Crippen molar-refractivity contribution in [2.75, 3.05) is 27.0 Å². The summed E-state index contributed by atoms with van der Waals surface area (Å²) < 4.78 is 11.2. The SMILES string of the molecule is COc1ccc(OC)c(C(C)NCC2(SC)CCC2)c1. The number of thioether (sulfide) groups is 1. The number of rotatable bonds is 7. The van der Waals surface area contributed by atoms with E-state index < -0.39 is 0 Å². The molecule has 1 unspecified atom stereocenters. The second-order valence-electron chi connectivity index (χ2n) is 5.45. The van der Waals surface area contributed by atoms with Crippen LogP contribution in [0.5, 0.6) is 11.5 Å². The maximum atomic E-state index is 5.46. The van der Waals surface area contributed by atoms with Gasteiger partial charge in [-0.3, -0.25) is 0 Å². The Balaban J connectivity index is 2.05. The molecule has 0 bridgehead atoms. The van der Waals surface area contributed by atoms with Crippen LogP contribution >= 0.6 is 11.8 Å². The Bertz CT molecular complexity index is 441. The maximum Gasteiger partial charge on any atom is 0.123 e. The Labute approximate surface area is 126 Å². The molecule has 1 N–H and O–H groups in total. The third-order valence-corrected chi connectivity index (χ3v) is 5.75. The fourth-order valence-corrected chi connectivity index (χ4v) is 3.58. The Hall–Kier alpha value is -0.870. The van der Waals surface area contributed by atoms with Gasteiger partial charge in [0.1, 0.15) is 11.5 Å². The number of benzene rings is 1. The Kier molecular flexibility index (Phi) is 5.22. The van der Waals surface area contributed by atoms with E-state index in [0.29, 0.717) is 4.75 Å². The molecular weight excluding hydrogens is 270 g/mol. The Morgan fingerprint density at radius 1 is 1.30 bits per heavy atom. The van der Waals surface area contributed by atoms with Gasteiger partial charge in [-0.25, -0.2) is 0 Å². The normalized spacial score (nSPS) is 18.2. The highest BCUT2D eigenvalue weighted by Crippen LogP contribution is 2.42. The molecule has 0 radical (unpaired) electrons. The zero-order chi connectivity index (χ0) is 14.6. The molecule has 4 heteroatoms. The fourth-order valence-electron chi connectivity index (χ4n) is 2.65. The van der Waals surface area contributed by atoms with E-state index >= 15 is 0 Å². The van der Waals surface area contributed by atoms with E-state index in [4.69, 9.17) is 9.47 Å². The molecular formula is C16H25NO2S. The van der Waals surface area contributed by atoms with Crippen molar-refractivity contribution in [1.82, 2.24) is 5.32 Å². The van der Waals surface area contributed by atoms with Gasteiger partial charge in [-0.1, -0.05) is 6.42 Å². The third kappa shape index (κ3) is 3.23. The zero-order valence-electron chi connectivity index (χ0n) is 12.9.